The summed E-state index contributed by atoms with van der Waals surface area (Å²) in [7, 11) is 1.65. The Bertz CT molecular complexity index is 733. The number of fused-ring (bicyclic) bond motifs is 1. The van der Waals surface area contributed by atoms with Gasteiger partial charge in [-0.05, 0) is 36.8 Å². The van der Waals surface area contributed by atoms with E-state index in [1.165, 1.54) is 0 Å². The Kier molecular flexibility index (Phi) is 4.57. The van der Waals surface area contributed by atoms with Gasteiger partial charge in [-0.25, -0.2) is 0 Å². The zero-order valence-corrected chi connectivity index (χ0v) is 14.8. The van der Waals surface area contributed by atoms with Crippen LogP contribution in [0, 0.1) is 0 Å². The summed E-state index contributed by atoms with van der Waals surface area (Å²) in [4.78, 5) is 14.8. The van der Waals surface area contributed by atoms with E-state index in [1.807, 2.05) is 47.4 Å². The van der Waals surface area contributed by atoms with Crippen LogP contribution in [0.25, 0.3) is 0 Å². The molecule has 1 heterocycles. The van der Waals surface area contributed by atoms with Crippen molar-refractivity contribution >= 4 is 27.5 Å². The van der Waals surface area contributed by atoms with Gasteiger partial charge in [-0.15, -0.1) is 0 Å². The zero-order chi connectivity index (χ0) is 16.4. The van der Waals surface area contributed by atoms with Crippen LogP contribution in [-0.2, 0) is 0 Å². The molecule has 0 aliphatic carbocycles. The van der Waals surface area contributed by atoms with Crippen LogP contribution >= 0.6 is 15.9 Å². The average Bonchev–Trinajstić information content (AvgIpc) is 2.57. The normalized spacial score (nSPS) is 16.7. The van der Waals surface area contributed by atoms with Crippen LogP contribution in [0.3, 0.4) is 0 Å². The molecule has 5 heteroatoms. The van der Waals surface area contributed by atoms with Crippen molar-refractivity contribution < 1.29 is 9.53 Å². The smallest absolute Gasteiger partial charge is 0.257 e. The van der Waals surface area contributed by atoms with E-state index < -0.39 is 0 Å². The van der Waals surface area contributed by atoms with E-state index in [4.69, 9.17) is 4.74 Å². The molecule has 2 aromatic carbocycles. The van der Waals surface area contributed by atoms with Gasteiger partial charge in [-0.1, -0.05) is 35.0 Å². The molecule has 0 saturated heterocycles. The Labute approximate surface area is 144 Å². The quantitative estimate of drug-likeness (QED) is 0.860. The highest BCUT2D eigenvalue weighted by Crippen LogP contribution is 2.37. The Morgan fingerprint density at radius 3 is 2.78 bits per heavy atom. The van der Waals surface area contributed by atoms with E-state index in [-0.39, 0.29) is 12.1 Å². The highest BCUT2D eigenvalue weighted by Gasteiger charge is 2.33. The molecule has 1 atom stereocenters. The number of hydrogen-bond acceptors (Lipinski definition) is 3. The van der Waals surface area contributed by atoms with Gasteiger partial charge in [0.25, 0.3) is 5.91 Å². The van der Waals surface area contributed by atoms with Crippen molar-refractivity contribution in [2.45, 2.75) is 19.5 Å². The predicted octanol–water partition coefficient (Wildman–Crippen LogP) is 4.43. The first-order chi connectivity index (χ1) is 11.2. The molecule has 0 radical (unpaired) electrons. The van der Waals surface area contributed by atoms with Crippen molar-refractivity contribution in [3.63, 3.8) is 0 Å². The lowest BCUT2D eigenvalue weighted by atomic mass is 10.0. The van der Waals surface area contributed by atoms with Crippen LogP contribution in [0.2, 0.25) is 0 Å². The molecule has 1 aliphatic heterocycles. The highest BCUT2D eigenvalue weighted by atomic mass is 79.9. The number of para-hydroxylation sites is 1. The number of benzene rings is 2. The minimum absolute atomic E-state index is 0.0493. The minimum atomic E-state index is -0.246. The maximum absolute atomic E-state index is 12.9. The van der Waals surface area contributed by atoms with E-state index in [1.54, 1.807) is 7.11 Å². The van der Waals surface area contributed by atoms with E-state index in [0.717, 1.165) is 27.9 Å². The second kappa shape index (κ2) is 6.62. The number of nitrogens with one attached hydrogen (secondary N) is 1. The average molecular weight is 375 g/mol. The summed E-state index contributed by atoms with van der Waals surface area (Å²) in [6, 6.07) is 13.5. The molecule has 1 amide bonds. The lowest BCUT2D eigenvalue weighted by molar-refractivity contribution is 0.0681. The van der Waals surface area contributed by atoms with Gasteiger partial charge < -0.3 is 15.0 Å². The van der Waals surface area contributed by atoms with Gasteiger partial charge in [0, 0.05) is 22.3 Å². The van der Waals surface area contributed by atoms with Crippen LogP contribution in [-0.4, -0.2) is 24.5 Å². The lowest BCUT2D eigenvalue weighted by Crippen LogP contribution is -2.43. The lowest BCUT2D eigenvalue weighted by Gasteiger charge is -2.38. The SMILES string of the molecule is CCCN1C(=O)c2ccccc2NC1c1cc(Br)ccc1OC. The van der Waals surface area contributed by atoms with E-state index in [2.05, 4.69) is 28.2 Å². The molecule has 0 fully saturated rings. The van der Waals surface area contributed by atoms with Gasteiger partial charge >= 0.3 is 0 Å². The highest BCUT2D eigenvalue weighted by molar-refractivity contribution is 9.10. The second-order valence-corrected chi connectivity index (χ2v) is 6.39. The monoisotopic (exact) mass is 374 g/mol. The predicted molar refractivity (Wildman–Crippen MR) is 94.8 cm³/mol. The number of anilines is 1. The molecular formula is C18H19BrN2O2. The minimum Gasteiger partial charge on any atom is -0.496 e. The molecule has 2 aromatic rings. The summed E-state index contributed by atoms with van der Waals surface area (Å²) in [6.45, 7) is 2.75. The molecule has 0 saturated carbocycles. The van der Waals surface area contributed by atoms with Gasteiger partial charge in [-0.2, -0.15) is 0 Å². The molecule has 4 nitrogen and oxygen atoms in total. The molecular weight excluding hydrogens is 356 g/mol. The molecule has 0 aromatic heterocycles. The van der Waals surface area contributed by atoms with Gasteiger partial charge in [-0.3, -0.25) is 4.79 Å². The summed E-state index contributed by atoms with van der Waals surface area (Å²) in [5.41, 5.74) is 2.52. The van der Waals surface area contributed by atoms with Crippen molar-refractivity contribution in [1.82, 2.24) is 4.90 Å². The topological polar surface area (TPSA) is 41.6 Å². The Hall–Kier alpha value is -2.01. The van der Waals surface area contributed by atoms with Crippen molar-refractivity contribution in [3.8, 4) is 5.75 Å². The maximum Gasteiger partial charge on any atom is 0.257 e. The fraction of sp³-hybridized carbons (Fsp3) is 0.278. The summed E-state index contributed by atoms with van der Waals surface area (Å²) >= 11 is 3.51. The maximum atomic E-state index is 12.9. The number of nitrogens with zero attached hydrogens (tertiary/aromatic N) is 1. The molecule has 3 rings (SSSR count). The van der Waals surface area contributed by atoms with Crippen molar-refractivity contribution in [1.29, 1.82) is 0 Å². The van der Waals surface area contributed by atoms with E-state index in [0.29, 0.717) is 12.1 Å². The molecule has 1 unspecified atom stereocenters. The van der Waals surface area contributed by atoms with E-state index >= 15 is 0 Å². The third kappa shape index (κ3) is 2.93. The molecule has 1 aliphatic rings. The summed E-state index contributed by atoms with van der Waals surface area (Å²) in [6.07, 6.45) is 0.646. The van der Waals surface area contributed by atoms with Crippen LogP contribution in [0.5, 0.6) is 5.75 Å². The molecule has 120 valence electrons. The van der Waals surface area contributed by atoms with Crippen molar-refractivity contribution in [2.75, 3.05) is 19.0 Å². The van der Waals surface area contributed by atoms with Crippen LogP contribution in [0.1, 0.15) is 35.4 Å². The third-order valence-corrected chi connectivity index (χ3v) is 4.47. The van der Waals surface area contributed by atoms with E-state index in [9.17, 15) is 4.79 Å². The van der Waals surface area contributed by atoms with Gasteiger partial charge in [0.1, 0.15) is 11.9 Å². The van der Waals surface area contributed by atoms with Crippen molar-refractivity contribution in [2.24, 2.45) is 0 Å². The zero-order valence-electron chi connectivity index (χ0n) is 13.2. The van der Waals surface area contributed by atoms with Crippen LogP contribution < -0.4 is 10.1 Å². The Morgan fingerprint density at radius 1 is 1.26 bits per heavy atom. The number of carbonyl (C=O) groups excluding carboxylic acids is 1. The second-order valence-electron chi connectivity index (χ2n) is 5.48. The largest absolute Gasteiger partial charge is 0.496 e. The number of amides is 1. The summed E-state index contributed by atoms with van der Waals surface area (Å²) in [5.74, 6) is 0.812. The Balaban J connectivity index is 2.10. The fourth-order valence-electron chi connectivity index (χ4n) is 2.93. The van der Waals surface area contributed by atoms with Crippen LogP contribution in [0.15, 0.2) is 46.9 Å². The Morgan fingerprint density at radius 2 is 2.04 bits per heavy atom. The fourth-order valence-corrected chi connectivity index (χ4v) is 3.31. The first kappa shape index (κ1) is 15.9. The van der Waals surface area contributed by atoms with Gasteiger partial charge in [0.2, 0.25) is 0 Å². The summed E-state index contributed by atoms with van der Waals surface area (Å²) < 4.78 is 6.46. The van der Waals surface area contributed by atoms with Gasteiger partial charge in [0.05, 0.1) is 12.7 Å². The van der Waals surface area contributed by atoms with Crippen molar-refractivity contribution in [3.05, 3.63) is 58.1 Å². The number of hydrogen-bond donors (Lipinski definition) is 1. The standard InChI is InChI=1S/C18H19BrN2O2/c1-3-10-21-17(14-11-12(19)8-9-16(14)23-2)20-15-7-5-4-6-13(15)18(21)22/h4-9,11,17,20H,3,10H2,1-2H3. The molecule has 0 bridgehead atoms. The molecule has 1 N–H and O–H groups in total. The third-order valence-electron chi connectivity index (χ3n) is 3.97. The van der Waals surface area contributed by atoms with Crippen LogP contribution in [0.4, 0.5) is 5.69 Å². The number of ether oxygens (including phenoxy) is 1. The number of methoxy groups -OCH3 is 1. The number of halogens is 1. The first-order valence-electron chi connectivity index (χ1n) is 7.65. The van der Waals surface area contributed by atoms with Gasteiger partial charge in [0.15, 0.2) is 0 Å². The number of rotatable bonds is 4. The molecule has 23 heavy (non-hydrogen) atoms. The number of carbonyl (C=O) groups is 1. The first-order valence-corrected chi connectivity index (χ1v) is 8.45. The summed E-state index contributed by atoms with van der Waals surface area (Å²) in [5, 5.41) is 3.48. The molecule has 0 spiro atoms.